The highest BCUT2D eigenvalue weighted by Gasteiger charge is 2.25. The number of nitrogens with one attached hydrogen (secondary N) is 1. The van der Waals surface area contributed by atoms with Crippen LogP contribution in [0.4, 0.5) is 0 Å². The smallest absolute Gasteiger partial charge is 0.252 e. The molecule has 0 spiro atoms. The van der Waals surface area contributed by atoms with Gasteiger partial charge in [0.15, 0.2) is 0 Å². The molecule has 3 rings (SSSR count). The fourth-order valence-electron chi connectivity index (χ4n) is 2.48. The van der Waals surface area contributed by atoms with Gasteiger partial charge in [-0.3, -0.25) is 4.79 Å². The van der Waals surface area contributed by atoms with Gasteiger partial charge in [-0.05, 0) is 35.7 Å². The van der Waals surface area contributed by atoms with Crippen molar-refractivity contribution in [3.63, 3.8) is 0 Å². The van der Waals surface area contributed by atoms with E-state index in [-0.39, 0.29) is 11.9 Å². The average Bonchev–Trinajstić information content (AvgIpc) is 2.47. The monoisotopic (exact) mass is 253 g/mol. The number of fused-ring (bicyclic) bond motifs is 1. The molecule has 3 nitrogen and oxygen atoms in total. The molecular formula is C16H15NO2. The largest absolute Gasteiger partial charge is 0.497 e. The number of rotatable bonds is 2. The summed E-state index contributed by atoms with van der Waals surface area (Å²) < 4.78 is 5.22. The first-order valence-electron chi connectivity index (χ1n) is 6.30. The standard InChI is InChI=1S/C16H15NO2/c1-19-13-7-8-14-12(9-13)10-15(17-16(14)18)11-5-3-2-4-6-11/h2-9,15H,10H2,1H3,(H,17,18)/t15-/m0/s1. The van der Waals surface area contributed by atoms with E-state index >= 15 is 0 Å². The normalized spacial score (nSPS) is 17.5. The predicted molar refractivity (Wildman–Crippen MR) is 73.3 cm³/mol. The van der Waals surface area contributed by atoms with Crippen LogP contribution in [0.5, 0.6) is 5.75 Å². The van der Waals surface area contributed by atoms with E-state index in [1.807, 2.05) is 48.5 Å². The quantitative estimate of drug-likeness (QED) is 0.893. The summed E-state index contributed by atoms with van der Waals surface area (Å²) in [5.41, 5.74) is 2.91. The van der Waals surface area contributed by atoms with Crippen molar-refractivity contribution in [2.24, 2.45) is 0 Å². The zero-order valence-corrected chi connectivity index (χ0v) is 10.7. The molecule has 1 atom stereocenters. The predicted octanol–water partition coefficient (Wildman–Crippen LogP) is 2.72. The van der Waals surface area contributed by atoms with Crippen LogP contribution in [0.1, 0.15) is 27.5 Å². The van der Waals surface area contributed by atoms with E-state index in [2.05, 4.69) is 5.32 Å². The minimum absolute atomic E-state index is 0.0160. The summed E-state index contributed by atoms with van der Waals surface area (Å²) in [5.74, 6) is 0.776. The average molecular weight is 253 g/mol. The molecule has 96 valence electrons. The van der Waals surface area contributed by atoms with Crippen molar-refractivity contribution in [3.8, 4) is 5.75 Å². The van der Waals surface area contributed by atoms with Crippen LogP contribution in [0.2, 0.25) is 0 Å². The van der Waals surface area contributed by atoms with Gasteiger partial charge in [0, 0.05) is 5.56 Å². The summed E-state index contributed by atoms with van der Waals surface area (Å²) in [6, 6.07) is 15.7. The van der Waals surface area contributed by atoms with Crippen LogP contribution in [-0.4, -0.2) is 13.0 Å². The van der Waals surface area contributed by atoms with Crippen molar-refractivity contribution in [2.75, 3.05) is 7.11 Å². The van der Waals surface area contributed by atoms with E-state index < -0.39 is 0 Å². The first kappa shape index (κ1) is 11.8. The van der Waals surface area contributed by atoms with Crippen LogP contribution in [0.15, 0.2) is 48.5 Å². The summed E-state index contributed by atoms with van der Waals surface area (Å²) in [7, 11) is 1.64. The van der Waals surface area contributed by atoms with E-state index in [9.17, 15) is 4.79 Å². The van der Waals surface area contributed by atoms with Gasteiger partial charge in [0.25, 0.3) is 5.91 Å². The summed E-state index contributed by atoms with van der Waals surface area (Å²) in [6.07, 6.45) is 0.794. The van der Waals surface area contributed by atoms with Crippen LogP contribution in [0.3, 0.4) is 0 Å². The van der Waals surface area contributed by atoms with Crippen molar-refractivity contribution in [1.29, 1.82) is 0 Å². The third kappa shape index (κ3) is 2.19. The van der Waals surface area contributed by atoms with Crippen LogP contribution in [0.25, 0.3) is 0 Å². The second-order valence-electron chi connectivity index (χ2n) is 4.66. The van der Waals surface area contributed by atoms with Gasteiger partial charge >= 0.3 is 0 Å². The molecule has 0 fully saturated rings. The molecule has 0 bridgehead atoms. The van der Waals surface area contributed by atoms with Crippen molar-refractivity contribution in [1.82, 2.24) is 5.32 Å². The van der Waals surface area contributed by atoms with Gasteiger partial charge in [0.05, 0.1) is 13.2 Å². The van der Waals surface area contributed by atoms with Crippen molar-refractivity contribution in [2.45, 2.75) is 12.5 Å². The SMILES string of the molecule is COc1ccc2c(c1)C[C@@H](c1ccccc1)NC2=O. The number of ether oxygens (including phenoxy) is 1. The number of carbonyl (C=O) groups is 1. The Hall–Kier alpha value is -2.29. The van der Waals surface area contributed by atoms with Crippen LogP contribution in [0, 0.1) is 0 Å². The molecule has 0 saturated heterocycles. The topological polar surface area (TPSA) is 38.3 Å². The molecule has 2 aromatic rings. The highest BCUT2D eigenvalue weighted by Crippen LogP contribution is 2.28. The van der Waals surface area contributed by atoms with E-state index in [0.717, 1.165) is 28.9 Å². The molecule has 1 aliphatic rings. The summed E-state index contributed by atoms with van der Waals surface area (Å²) >= 11 is 0. The molecule has 3 heteroatoms. The lowest BCUT2D eigenvalue weighted by molar-refractivity contribution is 0.0925. The van der Waals surface area contributed by atoms with Gasteiger partial charge in [-0.15, -0.1) is 0 Å². The van der Waals surface area contributed by atoms with E-state index in [1.165, 1.54) is 0 Å². The summed E-state index contributed by atoms with van der Waals surface area (Å²) in [6.45, 7) is 0. The van der Waals surface area contributed by atoms with Crippen molar-refractivity contribution in [3.05, 3.63) is 65.2 Å². The Labute approximate surface area is 112 Å². The van der Waals surface area contributed by atoms with E-state index in [4.69, 9.17) is 4.74 Å². The number of hydrogen-bond acceptors (Lipinski definition) is 2. The highest BCUT2D eigenvalue weighted by molar-refractivity contribution is 5.97. The molecule has 19 heavy (non-hydrogen) atoms. The minimum atomic E-state index is -0.0160. The number of carbonyl (C=O) groups excluding carboxylic acids is 1. The summed E-state index contributed by atoms with van der Waals surface area (Å²) in [4.78, 5) is 12.1. The Morgan fingerprint density at radius 3 is 2.68 bits per heavy atom. The molecule has 0 unspecified atom stereocenters. The van der Waals surface area contributed by atoms with Gasteiger partial charge in [0.2, 0.25) is 0 Å². The lowest BCUT2D eigenvalue weighted by Gasteiger charge is -2.26. The molecule has 1 aliphatic heterocycles. The molecule has 1 amide bonds. The maximum absolute atomic E-state index is 12.1. The van der Waals surface area contributed by atoms with Crippen LogP contribution < -0.4 is 10.1 Å². The minimum Gasteiger partial charge on any atom is -0.497 e. The van der Waals surface area contributed by atoms with Crippen molar-refractivity contribution >= 4 is 5.91 Å². The molecule has 0 aromatic heterocycles. The fourth-order valence-corrected chi connectivity index (χ4v) is 2.48. The molecule has 1 N–H and O–H groups in total. The third-order valence-electron chi connectivity index (χ3n) is 3.49. The Morgan fingerprint density at radius 2 is 1.95 bits per heavy atom. The Balaban J connectivity index is 1.96. The number of methoxy groups -OCH3 is 1. The number of benzene rings is 2. The van der Waals surface area contributed by atoms with Gasteiger partial charge in [-0.1, -0.05) is 30.3 Å². The van der Waals surface area contributed by atoms with Gasteiger partial charge in [0.1, 0.15) is 5.75 Å². The third-order valence-corrected chi connectivity index (χ3v) is 3.49. The lowest BCUT2D eigenvalue weighted by atomic mass is 9.91. The lowest BCUT2D eigenvalue weighted by Crippen LogP contribution is -2.35. The fraction of sp³-hybridized carbons (Fsp3) is 0.188. The van der Waals surface area contributed by atoms with Gasteiger partial charge in [-0.25, -0.2) is 0 Å². The van der Waals surface area contributed by atoms with Crippen LogP contribution >= 0.6 is 0 Å². The van der Waals surface area contributed by atoms with Crippen molar-refractivity contribution < 1.29 is 9.53 Å². The van der Waals surface area contributed by atoms with E-state index in [0.29, 0.717) is 0 Å². The molecule has 0 radical (unpaired) electrons. The second-order valence-corrected chi connectivity index (χ2v) is 4.66. The first-order chi connectivity index (χ1) is 9.28. The number of amides is 1. The Kier molecular flexibility index (Phi) is 2.95. The molecule has 2 aromatic carbocycles. The van der Waals surface area contributed by atoms with Crippen LogP contribution in [-0.2, 0) is 6.42 Å². The summed E-state index contributed by atoms with van der Waals surface area (Å²) in [5, 5.41) is 3.05. The van der Waals surface area contributed by atoms with E-state index in [1.54, 1.807) is 7.11 Å². The van der Waals surface area contributed by atoms with Gasteiger partial charge < -0.3 is 10.1 Å². The molecule has 0 saturated carbocycles. The maximum Gasteiger partial charge on any atom is 0.252 e. The highest BCUT2D eigenvalue weighted by atomic mass is 16.5. The molecular weight excluding hydrogens is 238 g/mol. The Morgan fingerprint density at radius 1 is 1.16 bits per heavy atom. The first-order valence-corrected chi connectivity index (χ1v) is 6.30. The second kappa shape index (κ2) is 4.76. The zero-order valence-electron chi connectivity index (χ0n) is 10.7. The number of hydrogen-bond donors (Lipinski definition) is 1. The Bertz CT molecular complexity index is 607. The molecule has 1 heterocycles. The zero-order chi connectivity index (χ0) is 13.2. The van der Waals surface area contributed by atoms with Gasteiger partial charge in [-0.2, -0.15) is 0 Å². The maximum atomic E-state index is 12.1. The molecule has 0 aliphatic carbocycles.